The smallest absolute Gasteiger partial charge is 0.407 e. The van der Waals surface area contributed by atoms with E-state index < -0.39 is 0 Å². The molecule has 0 saturated heterocycles. The lowest BCUT2D eigenvalue weighted by Gasteiger charge is -2.27. The fraction of sp³-hybridized carbons (Fsp3) is 0.381. The van der Waals surface area contributed by atoms with Crippen LogP contribution in [0.2, 0.25) is 0 Å². The third-order valence-electron chi connectivity index (χ3n) is 5.35. The lowest BCUT2D eigenvalue weighted by atomic mass is 9.80. The number of carbonyl (C=O) groups is 1. The van der Waals surface area contributed by atoms with E-state index in [-0.39, 0.29) is 6.09 Å². The summed E-state index contributed by atoms with van der Waals surface area (Å²) in [6, 6.07) is 9.72. The summed E-state index contributed by atoms with van der Waals surface area (Å²) in [6.45, 7) is 0.979. The highest BCUT2D eigenvalue weighted by Crippen LogP contribution is 2.36. The molecular weight excluding hydrogens is 340 g/mol. The van der Waals surface area contributed by atoms with Gasteiger partial charge < -0.3 is 14.5 Å². The highest BCUT2D eigenvalue weighted by atomic mass is 16.5. The molecule has 0 spiro atoms. The van der Waals surface area contributed by atoms with Crippen molar-refractivity contribution in [3.63, 3.8) is 0 Å². The lowest BCUT2D eigenvalue weighted by molar-refractivity contribution is 0.136. The van der Waals surface area contributed by atoms with E-state index in [1.54, 1.807) is 6.20 Å². The molecule has 6 heteroatoms. The Labute approximate surface area is 158 Å². The van der Waals surface area contributed by atoms with Crippen LogP contribution in [-0.4, -0.2) is 27.0 Å². The Balaban J connectivity index is 1.22. The average molecular weight is 364 g/mol. The van der Waals surface area contributed by atoms with Crippen LogP contribution in [0.1, 0.15) is 42.9 Å². The van der Waals surface area contributed by atoms with Crippen molar-refractivity contribution in [1.29, 1.82) is 0 Å². The van der Waals surface area contributed by atoms with Crippen molar-refractivity contribution in [2.45, 2.75) is 38.2 Å². The van der Waals surface area contributed by atoms with E-state index in [1.807, 2.05) is 53.5 Å². The van der Waals surface area contributed by atoms with Crippen LogP contribution < -0.4 is 5.32 Å². The van der Waals surface area contributed by atoms with E-state index in [9.17, 15) is 4.79 Å². The minimum atomic E-state index is -0.341. The topological polar surface area (TPSA) is 68.5 Å². The standard InChI is InChI=1S/C21H24N4O2/c26-21(27-14-17-4-2-1-3-5-17)23-12-16-6-8-18(9-7-16)20-19-13-22-10-11-25(19)15-24-20/h1-5,10-11,13,15-16,18H,6-9,12,14H2,(H,23,26). The molecule has 3 aromatic rings. The lowest BCUT2D eigenvalue weighted by Crippen LogP contribution is -2.31. The number of nitrogens with one attached hydrogen (secondary N) is 1. The molecule has 4 rings (SSSR count). The number of alkyl carbamates (subject to hydrolysis) is 1. The number of hydrogen-bond acceptors (Lipinski definition) is 4. The van der Waals surface area contributed by atoms with Crippen molar-refractivity contribution in [2.24, 2.45) is 5.92 Å². The summed E-state index contributed by atoms with van der Waals surface area (Å²) >= 11 is 0. The quantitative estimate of drug-likeness (QED) is 0.745. The van der Waals surface area contributed by atoms with Crippen LogP contribution in [0.5, 0.6) is 0 Å². The molecule has 0 aliphatic heterocycles. The number of amides is 1. The van der Waals surface area contributed by atoms with Crippen molar-refractivity contribution in [3.8, 4) is 0 Å². The largest absolute Gasteiger partial charge is 0.445 e. The summed E-state index contributed by atoms with van der Waals surface area (Å²) in [4.78, 5) is 20.7. The molecule has 1 fully saturated rings. The summed E-state index contributed by atoms with van der Waals surface area (Å²) in [5.41, 5.74) is 3.25. The number of ether oxygens (including phenoxy) is 1. The second-order valence-electron chi connectivity index (χ2n) is 7.16. The van der Waals surface area contributed by atoms with Gasteiger partial charge in [-0.2, -0.15) is 0 Å². The Hall–Kier alpha value is -2.89. The third-order valence-corrected chi connectivity index (χ3v) is 5.35. The maximum Gasteiger partial charge on any atom is 0.407 e. The van der Waals surface area contributed by atoms with E-state index in [0.29, 0.717) is 25.0 Å². The van der Waals surface area contributed by atoms with Crippen molar-refractivity contribution in [1.82, 2.24) is 19.7 Å². The SMILES string of the molecule is O=C(NCC1CCC(c2ncn3ccncc23)CC1)OCc1ccccc1. The number of rotatable bonds is 5. The number of hydrogen-bond donors (Lipinski definition) is 1. The molecule has 2 heterocycles. The van der Waals surface area contributed by atoms with Crippen LogP contribution in [0.15, 0.2) is 55.2 Å². The zero-order valence-electron chi connectivity index (χ0n) is 15.3. The third kappa shape index (κ3) is 4.27. The molecule has 6 nitrogen and oxygen atoms in total. The molecule has 1 aliphatic carbocycles. The van der Waals surface area contributed by atoms with Crippen LogP contribution >= 0.6 is 0 Å². The van der Waals surface area contributed by atoms with Crippen molar-refractivity contribution in [3.05, 3.63) is 66.5 Å². The maximum atomic E-state index is 11.9. The number of imidazole rings is 1. The van der Waals surface area contributed by atoms with Crippen LogP contribution in [0.3, 0.4) is 0 Å². The maximum absolute atomic E-state index is 11.9. The first-order valence-electron chi connectivity index (χ1n) is 9.50. The summed E-state index contributed by atoms with van der Waals surface area (Å²) in [5, 5.41) is 2.91. The van der Waals surface area contributed by atoms with Gasteiger partial charge >= 0.3 is 6.09 Å². The molecule has 1 saturated carbocycles. The van der Waals surface area contributed by atoms with Crippen LogP contribution in [-0.2, 0) is 11.3 Å². The summed E-state index contributed by atoms with van der Waals surface area (Å²) < 4.78 is 7.30. The normalized spacial score (nSPS) is 19.7. The molecule has 27 heavy (non-hydrogen) atoms. The van der Waals surface area contributed by atoms with Crippen molar-refractivity contribution >= 4 is 11.6 Å². The van der Waals surface area contributed by atoms with E-state index >= 15 is 0 Å². The van der Waals surface area contributed by atoms with Gasteiger partial charge in [0, 0.05) is 24.9 Å². The number of carbonyl (C=O) groups excluding carboxylic acids is 1. The Morgan fingerprint density at radius 3 is 2.81 bits per heavy atom. The zero-order chi connectivity index (χ0) is 18.5. The minimum Gasteiger partial charge on any atom is -0.445 e. The van der Waals surface area contributed by atoms with Gasteiger partial charge in [0.1, 0.15) is 6.61 Å². The van der Waals surface area contributed by atoms with Gasteiger partial charge in [-0.15, -0.1) is 0 Å². The Morgan fingerprint density at radius 1 is 1.19 bits per heavy atom. The Morgan fingerprint density at radius 2 is 2.00 bits per heavy atom. The number of aromatic nitrogens is 3. The molecule has 1 aromatic carbocycles. The molecular formula is C21H24N4O2. The fourth-order valence-corrected chi connectivity index (χ4v) is 3.82. The average Bonchev–Trinajstić information content (AvgIpc) is 3.16. The van der Waals surface area contributed by atoms with Gasteiger partial charge in [0.2, 0.25) is 0 Å². The van der Waals surface area contributed by atoms with Crippen LogP contribution in [0.4, 0.5) is 4.79 Å². The van der Waals surface area contributed by atoms with Crippen molar-refractivity contribution in [2.75, 3.05) is 6.54 Å². The number of benzene rings is 1. The highest BCUT2D eigenvalue weighted by molar-refractivity contribution is 5.67. The molecule has 1 aliphatic rings. The van der Waals surface area contributed by atoms with Gasteiger partial charge in [-0.25, -0.2) is 9.78 Å². The first kappa shape index (κ1) is 17.5. The monoisotopic (exact) mass is 364 g/mol. The van der Waals surface area contributed by atoms with Crippen LogP contribution in [0.25, 0.3) is 5.52 Å². The van der Waals surface area contributed by atoms with E-state index in [0.717, 1.165) is 42.5 Å². The molecule has 2 aromatic heterocycles. The van der Waals surface area contributed by atoms with Crippen LogP contribution in [0, 0.1) is 5.92 Å². The predicted molar refractivity (Wildman–Crippen MR) is 102 cm³/mol. The van der Waals surface area contributed by atoms with E-state index in [2.05, 4.69) is 15.3 Å². The molecule has 0 radical (unpaired) electrons. The van der Waals surface area contributed by atoms with Gasteiger partial charge in [-0.3, -0.25) is 4.98 Å². The molecule has 140 valence electrons. The van der Waals surface area contributed by atoms with E-state index in [1.165, 1.54) is 0 Å². The fourth-order valence-electron chi connectivity index (χ4n) is 3.82. The van der Waals surface area contributed by atoms with Gasteiger partial charge in [-0.05, 0) is 37.2 Å². The summed E-state index contributed by atoms with van der Waals surface area (Å²) in [5.74, 6) is 0.970. The number of fused-ring (bicyclic) bond motifs is 1. The zero-order valence-corrected chi connectivity index (χ0v) is 15.3. The summed E-state index contributed by atoms with van der Waals surface area (Å²) in [6.07, 6.45) is 11.5. The second kappa shape index (κ2) is 8.20. The molecule has 1 amide bonds. The highest BCUT2D eigenvalue weighted by Gasteiger charge is 2.25. The molecule has 0 unspecified atom stereocenters. The van der Waals surface area contributed by atoms with Gasteiger partial charge in [0.25, 0.3) is 0 Å². The molecule has 0 atom stereocenters. The minimum absolute atomic E-state index is 0.306. The Bertz CT molecular complexity index is 885. The second-order valence-corrected chi connectivity index (χ2v) is 7.16. The van der Waals surface area contributed by atoms with Gasteiger partial charge in [-0.1, -0.05) is 30.3 Å². The summed E-state index contributed by atoms with van der Waals surface area (Å²) in [7, 11) is 0. The first-order chi connectivity index (χ1) is 13.3. The molecule has 0 bridgehead atoms. The van der Waals surface area contributed by atoms with E-state index in [4.69, 9.17) is 4.74 Å². The number of nitrogens with zero attached hydrogens (tertiary/aromatic N) is 3. The van der Waals surface area contributed by atoms with Crippen molar-refractivity contribution < 1.29 is 9.53 Å². The predicted octanol–water partition coefficient (Wildman–Crippen LogP) is 3.93. The first-order valence-corrected chi connectivity index (χ1v) is 9.50. The molecule has 1 N–H and O–H groups in total. The van der Waals surface area contributed by atoms with Gasteiger partial charge in [0.15, 0.2) is 0 Å². The Kier molecular flexibility index (Phi) is 5.32. The van der Waals surface area contributed by atoms with Gasteiger partial charge in [0.05, 0.1) is 23.7 Å².